The fourth-order valence-corrected chi connectivity index (χ4v) is 3.15. The lowest BCUT2D eigenvalue weighted by molar-refractivity contribution is 0.0717. The Hall–Kier alpha value is -2.76. The smallest absolute Gasteiger partial charge is 0.294 e. The van der Waals surface area contributed by atoms with Crippen LogP contribution in [0, 0.1) is 20.8 Å². The molecule has 1 fully saturated rings. The third kappa shape index (κ3) is 3.12. The number of nitrogens with zero attached hydrogens (tertiary/aromatic N) is 5. The number of hydrogen-bond acceptors (Lipinski definition) is 4. The Kier molecular flexibility index (Phi) is 3.75. The fraction of sp³-hybridized carbons (Fsp3) is 0.368. The second-order valence-corrected chi connectivity index (χ2v) is 6.84. The Bertz CT molecular complexity index is 958. The topological polar surface area (TPSA) is 63.4 Å². The van der Waals surface area contributed by atoms with Gasteiger partial charge in [-0.15, -0.1) is 5.10 Å². The highest BCUT2D eigenvalue weighted by Crippen LogP contribution is 2.29. The van der Waals surface area contributed by atoms with Crippen molar-refractivity contribution in [3.8, 4) is 0 Å². The van der Waals surface area contributed by atoms with E-state index in [1.54, 1.807) is 4.52 Å². The van der Waals surface area contributed by atoms with E-state index in [1.807, 2.05) is 30.9 Å². The van der Waals surface area contributed by atoms with E-state index in [9.17, 15) is 4.79 Å². The zero-order chi connectivity index (χ0) is 17.6. The summed E-state index contributed by atoms with van der Waals surface area (Å²) >= 11 is 0. The maximum absolute atomic E-state index is 13.0. The molecule has 6 nitrogen and oxygen atoms in total. The molecule has 1 saturated carbocycles. The number of aryl methyl sites for hydroxylation is 3. The molecule has 0 aliphatic heterocycles. The predicted molar refractivity (Wildman–Crippen MR) is 94.3 cm³/mol. The molecule has 0 atom stereocenters. The van der Waals surface area contributed by atoms with E-state index in [0.29, 0.717) is 12.3 Å². The van der Waals surface area contributed by atoms with Crippen molar-refractivity contribution < 1.29 is 4.79 Å². The number of benzene rings is 1. The molecule has 1 aliphatic carbocycles. The molecular formula is C19H21N5O. The summed E-state index contributed by atoms with van der Waals surface area (Å²) in [5.41, 5.74) is 4.12. The quantitative estimate of drug-likeness (QED) is 0.735. The summed E-state index contributed by atoms with van der Waals surface area (Å²) in [6.07, 6.45) is 2.09. The average molecular weight is 335 g/mol. The largest absolute Gasteiger partial charge is 0.329 e. The molecule has 1 aromatic carbocycles. The Morgan fingerprint density at radius 2 is 2.00 bits per heavy atom. The Morgan fingerprint density at radius 3 is 2.72 bits per heavy atom. The first kappa shape index (κ1) is 15.7. The van der Waals surface area contributed by atoms with Gasteiger partial charge in [-0.25, -0.2) is 9.50 Å². The van der Waals surface area contributed by atoms with E-state index in [-0.39, 0.29) is 17.8 Å². The lowest BCUT2D eigenvalue weighted by atomic mass is 10.1. The maximum atomic E-state index is 13.0. The second-order valence-electron chi connectivity index (χ2n) is 6.84. The first-order valence-corrected chi connectivity index (χ1v) is 8.59. The Morgan fingerprint density at radius 1 is 1.20 bits per heavy atom. The van der Waals surface area contributed by atoms with Crippen molar-refractivity contribution in [2.75, 3.05) is 0 Å². The van der Waals surface area contributed by atoms with Crippen molar-refractivity contribution in [3.05, 3.63) is 58.7 Å². The standard InChI is InChI=1S/C19H21N5O/c1-12-5-4-6-15(9-12)11-23(16-7-8-16)18(25)17-21-19-20-13(2)10-14(3)24(19)22-17/h4-6,9-10,16H,7-8,11H2,1-3H3. The lowest BCUT2D eigenvalue weighted by Gasteiger charge is -2.21. The van der Waals surface area contributed by atoms with Gasteiger partial charge in [0.2, 0.25) is 5.82 Å². The minimum Gasteiger partial charge on any atom is -0.329 e. The number of amides is 1. The maximum Gasteiger partial charge on any atom is 0.294 e. The molecule has 2 aromatic heterocycles. The zero-order valence-corrected chi connectivity index (χ0v) is 14.7. The number of hydrogen-bond donors (Lipinski definition) is 0. The molecule has 6 heteroatoms. The Labute approximate surface area is 146 Å². The first-order chi connectivity index (χ1) is 12.0. The molecule has 1 amide bonds. The SMILES string of the molecule is Cc1cccc(CN(C(=O)c2nc3nc(C)cc(C)n3n2)C2CC2)c1. The van der Waals surface area contributed by atoms with Gasteiger partial charge < -0.3 is 4.90 Å². The minimum absolute atomic E-state index is 0.119. The molecule has 0 N–H and O–H groups in total. The van der Waals surface area contributed by atoms with Gasteiger partial charge in [0, 0.05) is 24.0 Å². The van der Waals surface area contributed by atoms with Crippen LogP contribution in [0.1, 0.15) is 46.0 Å². The summed E-state index contributed by atoms with van der Waals surface area (Å²) < 4.78 is 1.64. The molecule has 128 valence electrons. The van der Waals surface area contributed by atoms with Crippen molar-refractivity contribution >= 4 is 11.7 Å². The summed E-state index contributed by atoms with van der Waals surface area (Å²) in [7, 11) is 0. The number of fused-ring (bicyclic) bond motifs is 1. The van der Waals surface area contributed by atoms with Gasteiger partial charge in [-0.1, -0.05) is 29.8 Å². The third-order valence-corrected chi connectivity index (χ3v) is 4.49. The third-order valence-electron chi connectivity index (χ3n) is 4.49. The van der Waals surface area contributed by atoms with Crippen LogP contribution in [0.4, 0.5) is 0 Å². The van der Waals surface area contributed by atoms with Crippen LogP contribution in [0.15, 0.2) is 30.3 Å². The predicted octanol–water partition coefficient (Wildman–Crippen LogP) is 2.85. The summed E-state index contributed by atoms with van der Waals surface area (Å²) in [4.78, 5) is 23.7. The van der Waals surface area contributed by atoms with Crippen LogP contribution >= 0.6 is 0 Å². The van der Waals surface area contributed by atoms with Gasteiger partial charge in [-0.2, -0.15) is 4.98 Å². The van der Waals surface area contributed by atoms with Crippen molar-refractivity contribution in [1.29, 1.82) is 0 Å². The highest BCUT2D eigenvalue weighted by Gasteiger charge is 2.35. The van der Waals surface area contributed by atoms with Crippen LogP contribution in [0.2, 0.25) is 0 Å². The summed E-state index contributed by atoms with van der Waals surface area (Å²) in [5, 5.41) is 4.40. The monoisotopic (exact) mass is 335 g/mol. The molecule has 0 bridgehead atoms. The molecule has 1 aliphatic rings. The molecule has 2 heterocycles. The molecule has 4 rings (SSSR count). The Balaban J connectivity index is 1.66. The van der Waals surface area contributed by atoms with E-state index in [4.69, 9.17) is 0 Å². The van der Waals surface area contributed by atoms with Crippen LogP contribution in [0.3, 0.4) is 0 Å². The van der Waals surface area contributed by atoms with Gasteiger partial charge in [0.25, 0.3) is 11.7 Å². The molecule has 0 spiro atoms. The molecule has 3 aromatic rings. The first-order valence-electron chi connectivity index (χ1n) is 8.59. The molecule has 25 heavy (non-hydrogen) atoms. The highest BCUT2D eigenvalue weighted by molar-refractivity contribution is 5.91. The number of rotatable bonds is 4. The second kappa shape index (κ2) is 5.95. The normalized spacial score (nSPS) is 14.0. The van der Waals surface area contributed by atoms with Crippen molar-refractivity contribution in [2.24, 2.45) is 0 Å². The van der Waals surface area contributed by atoms with Gasteiger partial charge in [0.05, 0.1) is 0 Å². The molecule has 0 radical (unpaired) electrons. The van der Waals surface area contributed by atoms with Gasteiger partial charge in [-0.3, -0.25) is 4.79 Å². The van der Waals surface area contributed by atoms with Crippen molar-refractivity contribution in [3.63, 3.8) is 0 Å². The van der Waals surface area contributed by atoms with E-state index < -0.39 is 0 Å². The summed E-state index contributed by atoms with van der Waals surface area (Å²) in [6.45, 7) is 6.51. The van der Waals surface area contributed by atoms with Gasteiger partial charge in [-0.05, 0) is 45.2 Å². The molecular weight excluding hydrogens is 314 g/mol. The fourth-order valence-electron chi connectivity index (χ4n) is 3.15. The van der Waals surface area contributed by atoms with Gasteiger partial charge >= 0.3 is 0 Å². The number of carbonyl (C=O) groups excluding carboxylic acids is 1. The van der Waals surface area contributed by atoms with E-state index >= 15 is 0 Å². The minimum atomic E-state index is -0.119. The van der Waals surface area contributed by atoms with Crippen LogP contribution in [0.25, 0.3) is 5.78 Å². The van der Waals surface area contributed by atoms with Crippen molar-refractivity contribution in [2.45, 2.75) is 46.2 Å². The van der Waals surface area contributed by atoms with Gasteiger partial charge in [0.15, 0.2) is 0 Å². The highest BCUT2D eigenvalue weighted by atomic mass is 16.2. The number of aromatic nitrogens is 4. The van der Waals surface area contributed by atoms with Crippen molar-refractivity contribution in [1.82, 2.24) is 24.5 Å². The summed E-state index contributed by atoms with van der Waals surface area (Å²) in [6, 6.07) is 10.5. The van der Waals surface area contributed by atoms with E-state index in [1.165, 1.54) is 5.56 Å². The van der Waals surface area contributed by atoms with Crippen LogP contribution in [-0.4, -0.2) is 36.4 Å². The molecule has 0 unspecified atom stereocenters. The van der Waals surface area contributed by atoms with Crippen LogP contribution in [-0.2, 0) is 6.54 Å². The summed E-state index contributed by atoms with van der Waals surface area (Å²) in [5.74, 6) is 0.583. The van der Waals surface area contributed by atoms with Gasteiger partial charge in [0.1, 0.15) is 0 Å². The van der Waals surface area contributed by atoms with Crippen LogP contribution < -0.4 is 0 Å². The number of carbonyl (C=O) groups is 1. The van der Waals surface area contributed by atoms with E-state index in [2.05, 4.69) is 40.2 Å². The van der Waals surface area contributed by atoms with Crippen LogP contribution in [0.5, 0.6) is 0 Å². The molecule has 0 saturated heterocycles. The zero-order valence-electron chi connectivity index (χ0n) is 14.7. The van der Waals surface area contributed by atoms with E-state index in [0.717, 1.165) is 29.8 Å². The lowest BCUT2D eigenvalue weighted by Crippen LogP contribution is -2.33. The average Bonchev–Trinajstić information content (AvgIpc) is 3.31.